The van der Waals surface area contributed by atoms with Crippen LogP contribution in [0.5, 0.6) is 0 Å². The van der Waals surface area contributed by atoms with Crippen LogP contribution in [-0.4, -0.2) is 46.5 Å². The van der Waals surface area contributed by atoms with Crippen molar-refractivity contribution >= 4 is 67.4 Å². The van der Waals surface area contributed by atoms with E-state index < -0.39 is 33.4 Å². The van der Waals surface area contributed by atoms with Crippen LogP contribution in [0.2, 0.25) is 0 Å². The van der Waals surface area contributed by atoms with Crippen LogP contribution in [0.1, 0.15) is 27.9 Å². The van der Waals surface area contributed by atoms with Gasteiger partial charge in [-0.25, -0.2) is 13.6 Å². The fourth-order valence-corrected chi connectivity index (χ4v) is 7.06. The number of amides is 3. The molecule has 8 aromatic rings. The molecular weight excluding hydrogens is 781 g/mol. The minimum atomic E-state index is -3.84. The van der Waals surface area contributed by atoms with Gasteiger partial charge in [0.25, 0.3) is 23.4 Å². The molecule has 0 unspecified atom stereocenters. The largest absolute Gasteiger partial charge is 0.326 e. The van der Waals surface area contributed by atoms with Crippen LogP contribution in [0.25, 0.3) is 33.3 Å². The molecule has 5 N–H and O–H groups in total. The van der Waals surface area contributed by atoms with Crippen LogP contribution in [-0.2, 0) is 24.4 Å². The normalized spacial score (nSPS) is 11.0. The number of hydrogen-bond donors (Lipinski definition) is 4. The lowest BCUT2D eigenvalue weighted by Gasteiger charge is -2.08. The lowest BCUT2D eigenvalue weighted by molar-refractivity contribution is -0.114. The monoisotopic (exact) mass is 816 g/mol. The van der Waals surface area contributed by atoms with Crippen molar-refractivity contribution in [1.29, 1.82) is 0 Å². The van der Waals surface area contributed by atoms with Crippen LogP contribution in [0, 0.1) is 0 Å². The molecule has 0 spiro atoms. The molecule has 8 rings (SSSR count). The van der Waals surface area contributed by atoms with Gasteiger partial charge in [-0.1, -0.05) is 72.8 Å². The van der Waals surface area contributed by atoms with Crippen molar-refractivity contribution in [2.75, 3.05) is 16.0 Å². The standard InChI is InChI=1S/C24H19N3O3.C22H17N3O4S/c1-16(28)25-18-10-12-19(13-11-18)26-24(30)23(29)22-21(17-7-3-2-4-8-17)15-20-9-5-6-14-27(20)22;23-30(28,29)18-11-9-16(10-12-18)24-22(27)21(26)20-19(15-6-2-1-3-7-15)14-17-8-4-5-13-25(17)20/h2-15H,1H3,(H,25,28)(H,26,30);1-14H,(H,24,27)(H2,23,28,29). The maximum Gasteiger partial charge on any atom is 0.298 e. The molecule has 0 saturated carbocycles. The van der Waals surface area contributed by atoms with Gasteiger partial charge in [0.15, 0.2) is 0 Å². The van der Waals surface area contributed by atoms with Gasteiger partial charge in [-0.05, 0) is 96.1 Å². The molecule has 0 fully saturated rings. The van der Waals surface area contributed by atoms with E-state index in [2.05, 4.69) is 16.0 Å². The summed E-state index contributed by atoms with van der Waals surface area (Å²) in [6.45, 7) is 1.42. The van der Waals surface area contributed by atoms with Gasteiger partial charge in [0, 0.05) is 58.5 Å². The van der Waals surface area contributed by atoms with Gasteiger partial charge < -0.3 is 24.8 Å². The third-order valence-corrected chi connectivity index (χ3v) is 10.2. The molecule has 0 aliphatic rings. The molecule has 298 valence electrons. The van der Waals surface area contributed by atoms with Crippen LogP contribution >= 0.6 is 0 Å². The summed E-state index contributed by atoms with van der Waals surface area (Å²) in [6, 6.07) is 45.5. The Morgan fingerprint density at radius 3 is 1.23 bits per heavy atom. The third-order valence-electron chi connectivity index (χ3n) is 9.28. The van der Waals surface area contributed by atoms with Crippen molar-refractivity contribution in [2.24, 2.45) is 5.14 Å². The van der Waals surface area contributed by atoms with Crippen molar-refractivity contribution in [1.82, 2.24) is 8.80 Å². The number of fused-ring (bicyclic) bond motifs is 2. The molecule has 4 aromatic heterocycles. The first kappa shape index (κ1) is 40.3. The highest BCUT2D eigenvalue weighted by Crippen LogP contribution is 2.30. The molecule has 4 aromatic carbocycles. The molecular formula is C46H36N6O7S. The number of benzene rings is 4. The Morgan fingerprint density at radius 2 is 0.850 bits per heavy atom. The minimum Gasteiger partial charge on any atom is -0.326 e. The summed E-state index contributed by atoms with van der Waals surface area (Å²) in [5.74, 6) is -3.10. The van der Waals surface area contributed by atoms with Crippen molar-refractivity contribution in [2.45, 2.75) is 11.8 Å². The summed E-state index contributed by atoms with van der Waals surface area (Å²) in [7, 11) is -3.84. The first-order valence-corrected chi connectivity index (χ1v) is 19.9. The van der Waals surface area contributed by atoms with E-state index in [1.54, 1.807) is 51.5 Å². The second-order valence-electron chi connectivity index (χ2n) is 13.4. The number of sulfonamides is 1. The summed E-state index contributed by atoms with van der Waals surface area (Å²) < 4.78 is 26.1. The molecule has 4 heterocycles. The summed E-state index contributed by atoms with van der Waals surface area (Å²) in [4.78, 5) is 62.7. The van der Waals surface area contributed by atoms with Crippen molar-refractivity contribution in [3.8, 4) is 22.3 Å². The van der Waals surface area contributed by atoms with E-state index in [-0.39, 0.29) is 22.2 Å². The predicted molar refractivity (Wildman–Crippen MR) is 230 cm³/mol. The molecule has 0 aliphatic heterocycles. The molecule has 3 amide bonds. The summed E-state index contributed by atoms with van der Waals surface area (Å²) in [5, 5.41) is 12.9. The Morgan fingerprint density at radius 1 is 0.483 bits per heavy atom. The number of carbonyl (C=O) groups excluding carboxylic acids is 5. The maximum absolute atomic E-state index is 13.1. The number of carbonyl (C=O) groups is 5. The van der Waals surface area contributed by atoms with Crippen LogP contribution in [0.3, 0.4) is 0 Å². The second kappa shape index (κ2) is 17.3. The van der Waals surface area contributed by atoms with Gasteiger partial charge in [-0.2, -0.15) is 0 Å². The van der Waals surface area contributed by atoms with E-state index in [1.165, 1.54) is 31.2 Å². The lowest BCUT2D eigenvalue weighted by Crippen LogP contribution is -2.24. The van der Waals surface area contributed by atoms with Crippen molar-refractivity contribution < 1.29 is 32.4 Å². The van der Waals surface area contributed by atoms with E-state index in [1.807, 2.05) is 103 Å². The van der Waals surface area contributed by atoms with E-state index in [4.69, 9.17) is 5.14 Å². The molecule has 14 heteroatoms. The number of aromatic nitrogens is 2. The smallest absolute Gasteiger partial charge is 0.298 e. The minimum absolute atomic E-state index is 0.0872. The van der Waals surface area contributed by atoms with Gasteiger partial charge in [-0.3, -0.25) is 24.0 Å². The molecule has 60 heavy (non-hydrogen) atoms. The van der Waals surface area contributed by atoms with Gasteiger partial charge in [-0.15, -0.1) is 0 Å². The number of pyridine rings is 2. The highest BCUT2D eigenvalue weighted by Gasteiger charge is 2.26. The molecule has 0 aliphatic carbocycles. The number of primary sulfonamides is 1. The third kappa shape index (κ3) is 8.95. The molecule has 13 nitrogen and oxygen atoms in total. The van der Waals surface area contributed by atoms with Gasteiger partial charge >= 0.3 is 0 Å². The fourth-order valence-electron chi connectivity index (χ4n) is 6.54. The number of nitrogens with zero attached hydrogens (tertiary/aromatic N) is 2. The summed E-state index contributed by atoms with van der Waals surface area (Å²) in [5.41, 5.74) is 6.53. The Hall–Kier alpha value is -7.94. The average molecular weight is 817 g/mol. The number of ketones is 2. The van der Waals surface area contributed by atoms with Crippen LogP contribution < -0.4 is 21.1 Å². The van der Waals surface area contributed by atoms with Gasteiger partial charge in [0.05, 0.1) is 4.90 Å². The Kier molecular flexibility index (Phi) is 11.6. The highest BCUT2D eigenvalue weighted by molar-refractivity contribution is 7.89. The van der Waals surface area contributed by atoms with E-state index in [0.29, 0.717) is 28.2 Å². The lowest BCUT2D eigenvalue weighted by atomic mass is 10.0. The predicted octanol–water partition coefficient (Wildman–Crippen LogP) is 7.46. The zero-order valence-corrected chi connectivity index (χ0v) is 32.7. The number of nitrogens with one attached hydrogen (secondary N) is 3. The van der Waals surface area contributed by atoms with Crippen LogP contribution in [0.15, 0.2) is 175 Å². The number of hydrogen-bond acceptors (Lipinski definition) is 7. The molecule has 0 saturated heterocycles. The molecule has 0 radical (unpaired) electrons. The van der Waals surface area contributed by atoms with Crippen molar-refractivity contribution in [3.05, 3.63) is 182 Å². The maximum atomic E-state index is 13.1. The van der Waals surface area contributed by atoms with Gasteiger partial charge in [0.2, 0.25) is 15.9 Å². The first-order valence-electron chi connectivity index (χ1n) is 18.4. The summed E-state index contributed by atoms with van der Waals surface area (Å²) >= 11 is 0. The van der Waals surface area contributed by atoms with E-state index in [0.717, 1.165) is 22.2 Å². The first-order chi connectivity index (χ1) is 28.9. The number of Topliss-reactive ketones (excluding diaryl/α,β-unsaturated/α-hetero) is 2. The average Bonchev–Trinajstić information content (AvgIpc) is 3.84. The van der Waals surface area contributed by atoms with Crippen LogP contribution in [0.4, 0.5) is 17.1 Å². The number of anilines is 3. The number of nitrogens with two attached hydrogens (primary N) is 1. The number of rotatable bonds is 10. The Bertz CT molecular complexity index is 3020. The van der Waals surface area contributed by atoms with E-state index >= 15 is 0 Å². The molecule has 0 atom stereocenters. The molecule has 0 bridgehead atoms. The fraction of sp³-hybridized carbons (Fsp3) is 0.0217. The zero-order valence-electron chi connectivity index (χ0n) is 31.9. The SMILES string of the molecule is CC(=O)Nc1ccc(NC(=O)C(=O)c2c(-c3ccccc3)cc3ccccn23)cc1.NS(=O)(=O)c1ccc(NC(=O)C(=O)c2c(-c3ccccc3)cc3ccccn23)cc1. The Balaban J connectivity index is 0.000000181. The van der Waals surface area contributed by atoms with Crippen molar-refractivity contribution in [3.63, 3.8) is 0 Å². The topological polar surface area (TPSA) is 190 Å². The van der Waals surface area contributed by atoms with Gasteiger partial charge in [0.1, 0.15) is 11.4 Å². The second-order valence-corrected chi connectivity index (χ2v) is 15.0. The zero-order chi connectivity index (χ0) is 42.4. The highest BCUT2D eigenvalue weighted by atomic mass is 32.2. The van der Waals surface area contributed by atoms with E-state index in [9.17, 15) is 32.4 Å². The Labute approximate surface area is 344 Å². The summed E-state index contributed by atoms with van der Waals surface area (Å²) in [6.07, 6.45) is 3.49. The quantitative estimate of drug-likeness (QED) is 0.0814.